The zero-order valence-electron chi connectivity index (χ0n) is 13.0. The second-order valence-electron chi connectivity index (χ2n) is 5.68. The van der Waals surface area contributed by atoms with Gasteiger partial charge in [0.05, 0.1) is 11.3 Å². The zero-order chi connectivity index (χ0) is 16.2. The fraction of sp³-hybridized carbons (Fsp3) is 0.333. The number of hydrogen-bond donors (Lipinski definition) is 1. The van der Waals surface area contributed by atoms with Crippen LogP contribution in [0.3, 0.4) is 0 Å². The average molecular weight is 342 g/mol. The number of aryl methyl sites for hydroxylation is 2. The maximum absolute atomic E-state index is 12.2. The number of nitrogens with one attached hydrogen (secondary N) is 1. The number of rotatable bonds is 4. The molecule has 0 saturated carbocycles. The lowest BCUT2D eigenvalue weighted by atomic mass is 9.96. The van der Waals surface area contributed by atoms with Gasteiger partial charge >= 0.3 is 0 Å². The van der Waals surface area contributed by atoms with E-state index in [2.05, 4.69) is 11.4 Å². The Morgan fingerprint density at radius 3 is 2.78 bits per heavy atom. The minimum absolute atomic E-state index is 0.0503. The molecule has 3 rings (SSSR count). The number of nitrogens with zero attached hydrogens (tertiary/aromatic N) is 1. The summed E-state index contributed by atoms with van der Waals surface area (Å²) in [6.07, 6.45) is 4.30. The molecule has 0 saturated heterocycles. The van der Waals surface area contributed by atoms with Crippen molar-refractivity contribution in [3.05, 3.63) is 45.8 Å². The Labute approximate surface area is 144 Å². The van der Waals surface area contributed by atoms with E-state index in [0.29, 0.717) is 11.3 Å². The van der Waals surface area contributed by atoms with Crippen molar-refractivity contribution in [3.8, 4) is 6.07 Å². The van der Waals surface area contributed by atoms with E-state index < -0.39 is 0 Å². The summed E-state index contributed by atoms with van der Waals surface area (Å²) in [5.41, 5.74) is 3.05. The number of nitriles is 1. The van der Waals surface area contributed by atoms with E-state index in [0.717, 1.165) is 34.7 Å². The minimum Gasteiger partial charge on any atom is -0.316 e. The third-order valence-electron chi connectivity index (χ3n) is 3.93. The van der Waals surface area contributed by atoms with Gasteiger partial charge in [-0.25, -0.2) is 0 Å². The van der Waals surface area contributed by atoms with Gasteiger partial charge in [-0.3, -0.25) is 4.79 Å². The second-order valence-corrected chi connectivity index (χ2v) is 7.83. The third kappa shape index (κ3) is 3.77. The topological polar surface area (TPSA) is 52.9 Å². The number of fused-ring (bicyclic) bond motifs is 1. The summed E-state index contributed by atoms with van der Waals surface area (Å²) in [7, 11) is 0. The first kappa shape index (κ1) is 16.1. The van der Waals surface area contributed by atoms with Crippen molar-refractivity contribution in [2.45, 2.75) is 37.5 Å². The summed E-state index contributed by atoms with van der Waals surface area (Å²) in [5, 5.41) is 13.1. The highest BCUT2D eigenvalue weighted by atomic mass is 32.2. The van der Waals surface area contributed by atoms with Crippen LogP contribution in [-0.4, -0.2) is 11.7 Å². The molecule has 0 unspecified atom stereocenters. The van der Waals surface area contributed by atoms with Gasteiger partial charge in [-0.1, -0.05) is 17.7 Å². The molecule has 1 aliphatic carbocycles. The standard InChI is InChI=1S/C18H18N2OS2/c1-12-6-8-13(9-7-12)22-11-17(21)20-18-15(10-19)14-4-2-3-5-16(14)23-18/h6-9H,2-5,11H2,1H3,(H,20,21). The molecule has 1 amide bonds. The van der Waals surface area contributed by atoms with E-state index >= 15 is 0 Å². The second kappa shape index (κ2) is 7.20. The normalized spacial score (nSPS) is 13.2. The summed E-state index contributed by atoms with van der Waals surface area (Å²) < 4.78 is 0. The third-order valence-corrected chi connectivity index (χ3v) is 6.15. The Hall–Kier alpha value is -1.77. The van der Waals surface area contributed by atoms with Crippen LogP contribution >= 0.6 is 23.1 Å². The average Bonchev–Trinajstić information content (AvgIpc) is 2.91. The molecule has 0 radical (unpaired) electrons. The SMILES string of the molecule is Cc1ccc(SCC(=O)Nc2sc3c(c2C#N)CCCC3)cc1. The number of benzene rings is 1. The van der Waals surface area contributed by atoms with Crippen LogP contribution in [-0.2, 0) is 17.6 Å². The van der Waals surface area contributed by atoms with Crippen molar-refractivity contribution in [3.63, 3.8) is 0 Å². The van der Waals surface area contributed by atoms with Crippen LogP contribution in [0.1, 0.15) is 34.4 Å². The summed E-state index contributed by atoms with van der Waals surface area (Å²) in [6.45, 7) is 2.04. The lowest BCUT2D eigenvalue weighted by molar-refractivity contribution is -0.113. The highest BCUT2D eigenvalue weighted by Crippen LogP contribution is 2.37. The van der Waals surface area contributed by atoms with Crippen LogP contribution < -0.4 is 5.32 Å². The Bertz CT molecular complexity index is 757. The minimum atomic E-state index is -0.0503. The molecule has 5 heteroatoms. The number of thiophene rings is 1. The van der Waals surface area contributed by atoms with Crippen molar-refractivity contribution in [1.29, 1.82) is 5.26 Å². The summed E-state index contributed by atoms with van der Waals surface area (Å²) in [5.74, 6) is 0.307. The molecule has 0 fully saturated rings. The Morgan fingerprint density at radius 1 is 1.30 bits per heavy atom. The molecule has 0 atom stereocenters. The molecular weight excluding hydrogens is 324 g/mol. The molecule has 0 bridgehead atoms. The largest absolute Gasteiger partial charge is 0.316 e. The molecule has 0 aliphatic heterocycles. The molecule has 1 aromatic carbocycles. The van der Waals surface area contributed by atoms with Crippen LogP contribution in [0.2, 0.25) is 0 Å². The smallest absolute Gasteiger partial charge is 0.235 e. The van der Waals surface area contributed by atoms with Crippen LogP contribution in [0.25, 0.3) is 0 Å². The number of thioether (sulfide) groups is 1. The number of hydrogen-bond acceptors (Lipinski definition) is 4. The van der Waals surface area contributed by atoms with Crippen molar-refractivity contribution in [1.82, 2.24) is 0 Å². The van der Waals surface area contributed by atoms with Crippen molar-refractivity contribution in [2.24, 2.45) is 0 Å². The van der Waals surface area contributed by atoms with Gasteiger partial charge < -0.3 is 5.32 Å². The van der Waals surface area contributed by atoms with Gasteiger partial charge in [-0.2, -0.15) is 5.26 Å². The number of amides is 1. The van der Waals surface area contributed by atoms with E-state index in [1.807, 2.05) is 31.2 Å². The molecule has 1 aromatic heterocycles. The van der Waals surface area contributed by atoms with E-state index in [9.17, 15) is 10.1 Å². The fourth-order valence-electron chi connectivity index (χ4n) is 2.72. The van der Waals surface area contributed by atoms with E-state index in [1.165, 1.54) is 28.6 Å². The lowest BCUT2D eigenvalue weighted by Gasteiger charge is -2.09. The lowest BCUT2D eigenvalue weighted by Crippen LogP contribution is -2.14. The monoisotopic (exact) mass is 342 g/mol. The fourth-order valence-corrected chi connectivity index (χ4v) is 4.67. The van der Waals surface area contributed by atoms with E-state index in [-0.39, 0.29) is 5.91 Å². The first-order valence-corrected chi connectivity index (χ1v) is 9.51. The van der Waals surface area contributed by atoms with Gasteiger partial charge in [0.25, 0.3) is 0 Å². The maximum Gasteiger partial charge on any atom is 0.235 e. The molecular formula is C18H18N2OS2. The highest BCUT2D eigenvalue weighted by molar-refractivity contribution is 8.00. The number of carbonyl (C=O) groups is 1. The highest BCUT2D eigenvalue weighted by Gasteiger charge is 2.21. The molecule has 1 N–H and O–H groups in total. The van der Waals surface area contributed by atoms with Crippen LogP contribution in [0.5, 0.6) is 0 Å². The number of anilines is 1. The van der Waals surface area contributed by atoms with Gasteiger partial charge in [-0.15, -0.1) is 23.1 Å². The van der Waals surface area contributed by atoms with E-state index in [4.69, 9.17) is 0 Å². The molecule has 1 aliphatic rings. The maximum atomic E-state index is 12.2. The Morgan fingerprint density at radius 2 is 2.04 bits per heavy atom. The summed E-state index contributed by atoms with van der Waals surface area (Å²) in [6, 6.07) is 10.4. The summed E-state index contributed by atoms with van der Waals surface area (Å²) >= 11 is 3.09. The Kier molecular flexibility index (Phi) is 5.04. The van der Waals surface area contributed by atoms with Crippen LogP contribution in [0.4, 0.5) is 5.00 Å². The Balaban J connectivity index is 1.65. The molecule has 3 nitrogen and oxygen atoms in total. The quantitative estimate of drug-likeness (QED) is 0.830. The van der Waals surface area contributed by atoms with E-state index in [1.54, 1.807) is 11.3 Å². The van der Waals surface area contributed by atoms with Crippen molar-refractivity contribution < 1.29 is 4.79 Å². The summed E-state index contributed by atoms with van der Waals surface area (Å²) in [4.78, 5) is 14.6. The van der Waals surface area contributed by atoms with Gasteiger partial charge in [0.15, 0.2) is 0 Å². The molecule has 2 aromatic rings. The first-order valence-electron chi connectivity index (χ1n) is 7.71. The van der Waals surface area contributed by atoms with Crippen LogP contribution in [0.15, 0.2) is 29.2 Å². The molecule has 0 spiro atoms. The van der Waals surface area contributed by atoms with Crippen molar-refractivity contribution >= 4 is 34.0 Å². The van der Waals surface area contributed by atoms with Gasteiger partial charge in [0, 0.05) is 9.77 Å². The predicted octanol–water partition coefficient (Wildman–Crippen LogP) is 4.54. The molecule has 118 valence electrons. The van der Waals surface area contributed by atoms with Gasteiger partial charge in [-0.05, 0) is 50.3 Å². The predicted molar refractivity (Wildman–Crippen MR) is 96.2 cm³/mol. The van der Waals surface area contributed by atoms with Crippen molar-refractivity contribution in [2.75, 3.05) is 11.1 Å². The van der Waals surface area contributed by atoms with Gasteiger partial charge in [0.1, 0.15) is 11.1 Å². The van der Waals surface area contributed by atoms with Crippen LogP contribution in [0, 0.1) is 18.3 Å². The number of carbonyl (C=O) groups excluding carboxylic acids is 1. The van der Waals surface area contributed by atoms with Gasteiger partial charge in [0.2, 0.25) is 5.91 Å². The molecule has 1 heterocycles. The first-order chi connectivity index (χ1) is 11.2. The zero-order valence-corrected chi connectivity index (χ0v) is 14.6. The molecule has 23 heavy (non-hydrogen) atoms.